The summed E-state index contributed by atoms with van der Waals surface area (Å²) in [6, 6.07) is 4.71. The van der Waals surface area contributed by atoms with Crippen molar-refractivity contribution in [2.75, 3.05) is 5.32 Å². The molecular weight excluding hydrogens is 205 g/mol. The van der Waals surface area contributed by atoms with Gasteiger partial charge in [-0.3, -0.25) is 4.79 Å². The first-order chi connectivity index (χ1) is 7.28. The number of nitrogens with one attached hydrogen (secondary N) is 1. The summed E-state index contributed by atoms with van der Waals surface area (Å²) in [5.41, 5.74) is 1.03. The van der Waals surface area contributed by atoms with Gasteiger partial charge < -0.3 is 5.32 Å². The highest BCUT2D eigenvalue weighted by Gasteiger charge is 2.16. The highest BCUT2D eigenvalue weighted by atomic mass is 19.1. The minimum atomic E-state index is -0.298. The molecule has 0 unspecified atom stereocenters. The van der Waals surface area contributed by atoms with Crippen molar-refractivity contribution in [3.05, 3.63) is 29.6 Å². The van der Waals surface area contributed by atoms with E-state index in [9.17, 15) is 9.18 Å². The third kappa shape index (κ3) is 4.01. The summed E-state index contributed by atoms with van der Waals surface area (Å²) in [5, 5.41) is 2.69. The van der Waals surface area contributed by atoms with E-state index in [2.05, 4.69) is 5.32 Å². The van der Waals surface area contributed by atoms with E-state index < -0.39 is 0 Å². The van der Waals surface area contributed by atoms with E-state index in [0.717, 1.165) is 0 Å². The fourth-order valence-corrected chi connectivity index (χ4v) is 1.36. The number of anilines is 1. The molecule has 2 nitrogen and oxygen atoms in total. The number of aryl methyl sites for hydroxylation is 1. The van der Waals surface area contributed by atoms with Gasteiger partial charge in [0.1, 0.15) is 5.82 Å². The van der Waals surface area contributed by atoms with Crippen LogP contribution in [0.3, 0.4) is 0 Å². The molecule has 3 heteroatoms. The van der Waals surface area contributed by atoms with E-state index >= 15 is 0 Å². The highest BCUT2D eigenvalue weighted by Crippen LogP contribution is 2.20. The van der Waals surface area contributed by atoms with Crippen LogP contribution in [0.1, 0.15) is 32.8 Å². The predicted octanol–water partition coefficient (Wildman–Crippen LogP) is 3.51. The Bertz CT molecular complexity index is 393. The maximum Gasteiger partial charge on any atom is 0.224 e. The number of carbonyl (C=O) groups excluding carboxylic acids is 1. The third-order valence-electron chi connectivity index (χ3n) is 2.15. The maximum atomic E-state index is 13.2. The molecule has 16 heavy (non-hydrogen) atoms. The van der Waals surface area contributed by atoms with E-state index in [0.29, 0.717) is 17.7 Å². The van der Waals surface area contributed by atoms with Gasteiger partial charge in [0.15, 0.2) is 0 Å². The van der Waals surface area contributed by atoms with Crippen LogP contribution in [-0.4, -0.2) is 5.91 Å². The molecule has 0 aliphatic carbocycles. The largest absolute Gasteiger partial charge is 0.326 e. The quantitative estimate of drug-likeness (QED) is 0.816. The molecule has 0 radical (unpaired) electrons. The molecule has 1 amide bonds. The standard InChI is InChI=1S/C13H18FNO/c1-9-5-6-10(7-11(9)14)15-12(16)8-13(2,3)4/h5-7H,8H2,1-4H3,(H,15,16). The summed E-state index contributed by atoms with van der Waals surface area (Å²) in [7, 11) is 0. The fourth-order valence-electron chi connectivity index (χ4n) is 1.36. The molecule has 0 aliphatic heterocycles. The smallest absolute Gasteiger partial charge is 0.224 e. The second-order valence-corrected chi connectivity index (χ2v) is 5.25. The van der Waals surface area contributed by atoms with Gasteiger partial charge in [-0.2, -0.15) is 0 Å². The van der Waals surface area contributed by atoms with E-state index in [1.165, 1.54) is 6.07 Å². The molecule has 0 saturated carbocycles. The van der Waals surface area contributed by atoms with Gasteiger partial charge in [0, 0.05) is 12.1 Å². The summed E-state index contributed by atoms with van der Waals surface area (Å²) in [6.45, 7) is 7.66. The molecule has 0 bridgehead atoms. The second-order valence-electron chi connectivity index (χ2n) is 5.25. The van der Waals surface area contributed by atoms with Gasteiger partial charge in [-0.1, -0.05) is 26.8 Å². The SMILES string of the molecule is Cc1ccc(NC(=O)CC(C)(C)C)cc1F. The number of halogens is 1. The fraction of sp³-hybridized carbons (Fsp3) is 0.462. The molecule has 0 heterocycles. The molecule has 88 valence electrons. The summed E-state index contributed by atoms with van der Waals surface area (Å²) in [4.78, 5) is 11.6. The predicted molar refractivity (Wildman–Crippen MR) is 63.8 cm³/mol. The van der Waals surface area contributed by atoms with Crippen molar-refractivity contribution in [1.29, 1.82) is 0 Å². The molecular formula is C13H18FNO. The van der Waals surface area contributed by atoms with Crippen molar-refractivity contribution in [3.8, 4) is 0 Å². The Morgan fingerprint density at radius 2 is 2.00 bits per heavy atom. The van der Waals surface area contributed by atoms with Crippen molar-refractivity contribution in [1.82, 2.24) is 0 Å². The number of carbonyl (C=O) groups is 1. The van der Waals surface area contributed by atoms with E-state index in [4.69, 9.17) is 0 Å². The molecule has 0 aliphatic rings. The van der Waals surface area contributed by atoms with Gasteiger partial charge in [-0.25, -0.2) is 4.39 Å². The average molecular weight is 223 g/mol. The van der Waals surface area contributed by atoms with Gasteiger partial charge in [0.05, 0.1) is 0 Å². The Morgan fingerprint density at radius 1 is 1.38 bits per heavy atom. The third-order valence-corrected chi connectivity index (χ3v) is 2.15. The lowest BCUT2D eigenvalue weighted by atomic mass is 9.92. The molecule has 0 saturated heterocycles. The summed E-state index contributed by atoms with van der Waals surface area (Å²) in [6.07, 6.45) is 0.419. The van der Waals surface area contributed by atoms with Crippen LogP contribution in [0.25, 0.3) is 0 Å². The van der Waals surface area contributed by atoms with Crippen LogP contribution in [0.4, 0.5) is 10.1 Å². The van der Waals surface area contributed by atoms with Crippen molar-refractivity contribution < 1.29 is 9.18 Å². The lowest BCUT2D eigenvalue weighted by Crippen LogP contribution is -2.19. The van der Waals surface area contributed by atoms with Gasteiger partial charge in [-0.15, -0.1) is 0 Å². The van der Waals surface area contributed by atoms with Gasteiger partial charge in [-0.05, 0) is 30.0 Å². The molecule has 1 aromatic carbocycles. The number of amides is 1. The van der Waals surface area contributed by atoms with E-state index in [-0.39, 0.29) is 17.1 Å². The van der Waals surface area contributed by atoms with Crippen LogP contribution < -0.4 is 5.32 Å². The molecule has 0 aromatic heterocycles. The maximum absolute atomic E-state index is 13.2. The minimum Gasteiger partial charge on any atom is -0.326 e. The van der Waals surface area contributed by atoms with Crippen molar-refractivity contribution in [3.63, 3.8) is 0 Å². The average Bonchev–Trinajstić information content (AvgIpc) is 2.08. The zero-order valence-electron chi connectivity index (χ0n) is 10.2. The Hall–Kier alpha value is -1.38. The second kappa shape index (κ2) is 4.64. The minimum absolute atomic E-state index is 0.0622. The van der Waals surface area contributed by atoms with Gasteiger partial charge >= 0.3 is 0 Å². The lowest BCUT2D eigenvalue weighted by molar-refractivity contribution is -0.117. The Labute approximate surface area is 95.9 Å². The first kappa shape index (κ1) is 12.7. The summed E-state index contributed by atoms with van der Waals surface area (Å²) >= 11 is 0. The molecule has 0 spiro atoms. The molecule has 1 N–H and O–H groups in total. The van der Waals surface area contributed by atoms with Crippen LogP contribution >= 0.6 is 0 Å². The lowest BCUT2D eigenvalue weighted by Gasteiger charge is -2.17. The topological polar surface area (TPSA) is 29.1 Å². The number of benzene rings is 1. The van der Waals surface area contributed by atoms with Crippen LogP contribution in [0.2, 0.25) is 0 Å². The van der Waals surface area contributed by atoms with Crippen molar-refractivity contribution >= 4 is 11.6 Å². The zero-order valence-corrected chi connectivity index (χ0v) is 10.2. The summed E-state index contributed by atoms with van der Waals surface area (Å²) < 4.78 is 13.2. The van der Waals surface area contributed by atoms with Crippen LogP contribution in [0.5, 0.6) is 0 Å². The normalized spacial score (nSPS) is 11.3. The first-order valence-corrected chi connectivity index (χ1v) is 5.34. The van der Waals surface area contributed by atoms with E-state index in [1.54, 1.807) is 19.1 Å². The first-order valence-electron chi connectivity index (χ1n) is 5.34. The number of hydrogen-bond donors (Lipinski definition) is 1. The Balaban J connectivity index is 2.67. The molecule has 1 rings (SSSR count). The summed E-state index contributed by atoms with van der Waals surface area (Å²) in [5.74, 6) is -0.385. The molecule has 0 fully saturated rings. The molecule has 1 aromatic rings. The van der Waals surface area contributed by atoms with Crippen molar-refractivity contribution in [2.45, 2.75) is 34.1 Å². The molecule has 0 atom stereocenters. The zero-order chi connectivity index (χ0) is 12.3. The van der Waals surface area contributed by atoms with Crippen molar-refractivity contribution in [2.24, 2.45) is 5.41 Å². The monoisotopic (exact) mass is 223 g/mol. The van der Waals surface area contributed by atoms with Crippen LogP contribution in [0.15, 0.2) is 18.2 Å². The van der Waals surface area contributed by atoms with Gasteiger partial charge in [0.2, 0.25) is 5.91 Å². The highest BCUT2D eigenvalue weighted by molar-refractivity contribution is 5.91. The number of hydrogen-bond acceptors (Lipinski definition) is 1. The number of rotatable bonds is 2. The van der Waals surface area contributed by atoms with Crippen LogP contribution in [0, 0.1) is 18.2 Å². The Kier molecular flexibility index (Phi) is 3.68. The van der Waals surface area contributed by atoms with Gasteiger partial charge in [0.25, 0.3) is 0 Å². The Morgan fingerprint density at radius 3 is 2.50 bits per heavy atom. The van der Waals surface area contributed by atoms with E-state index in [1.807, 2.05) is 20.8 Å². The van der Waals surface area contributed by atoms with Crippen LogP contribution in [-0.2, 0) is 4.79 Å².